The second-order valence-corrected chi connectivity index (χ2v) is 3.48. The molecular weight excluding hydrogens is 182 g/mol. The fourth-order valence-electron chi connectivity index (χ4n) is 1.66. The van der Waals surface area contributed by atoms with Gasteiger partial charge in [0.2, 0.25) is 6.41 Å². The molecule has 0 aromatic heterocycles. The molecule has 0 atom stereocenters. The third kappa shape index (κ3) is 4.04. The zero-order valence-electron chi connectivity index (χ0n) is 8.48. The van der Waals surface area contributed by atoms with Gasteiger partial charge in [0, 0.05) is 45.8 Å². The molecule has 1 amide bonds. The van der Waals surface area contributed by atoms with Gasteiger partial charge in [0.15, 0.2) is 0 Å². The van der Waals surface area contributed by atoms with Crippen LogP contribution in [0.2, 0.25) is 0 Å². The fourth-order valence-corrected chi connectivity index (χ4v) is 1.66. The largest absolute Gasteiger partial charge is 0.395 e. The predicted octanol–water partition coefficient (Wildman–Crippen LogP) is -1.66. The van der Waals surface area contributed by atoms with Crippen molar-refractivity contribution in [2.24, 2.45) is 0 Å². The van der Waals surface area contributed by atoms with Crippen molar-refractivity contribution in [2.45, 2.75) is 0 Å². The number of β-amino-alcohol motifs (C(OH)–C–C–N with tert-alkyl or cyclic N) is 1. The van der Waals surface area contributed by atoms with Crippen molar-refractivity contribution in [1.82, 2.24) is 15.1 Å². The van der Waals surface area contributed by atoms with E-state index in [0.717, 1.165) is 52.2 Å². The van der Waals surface area contributed by atoms with Crippen LogP contribution in [0, 0.1) is 0 Å². The fraction of sp³-hybridized carbons (Fsp3) is 0.889. The summed E-state index contributed by atoms with van der Waals surface area (Å²) in [6.07, 6.45) is 0.738. The van der Waals surface area contributed by atoms with Gasteiger partial charge in [-0.2, -0.15) is 0 Å². The number of aliphatic hydroxyl groups is 1. The molecule has 0 saturated carbocycles. The lowest BCUT2D eigenvalue weighted by atomic mass is 10.3. The Kier molecular flexibility index (Phi) is 5.51. The quantitative estimate of drug-likeness (QED) is 0.399. The molecule has 1 fully saturated rings. The number of rotatable bonds is 6. The van der Waals surface area contributed by atoms with Crippen LogP contribution in [0.3, 0.4) is 0 Å². The van der Waals surface area contributed by atoms with Crippen LogP contribution in [0.1, 0.15) is 0 Å². The number of hydrogen-bond donors (Lipinski definition) is 2. The maximum absolute atomic E-state index is 10.0. The number of nitrogens with one attached hydrogen (secondary N) is 1. The molecule has 0 unspecified atom stereocenters. The minimum Gasteiger partial charge on any atom is -0.395 e. The van der Waals surface area contributed by atoms with E-state index in [0.29, 0.717) is 0 Å². The molecular formula is C9H19N3O2. The van der Waals surface area contributed by atoms with Crippen LogP contribution >= 0.6 is 0 Å². The lowest BCUT2D eigenvalue weighted by Crippen LogP contribution is -2.48. The summed E-state index contributed by atoms with van der Waals surface area (Å²) in [5.74, 6) is 0. The van der Waals surface area contributed by atoms with Crippen molar-refractivity contribution in [3.8, 4) is 0 Å². The average Bonchev–Trinajstić information content (AvgIpc) is 2.21. The topological polar surface area (TPSA) is 55.8 Å². The molecule has 1 aliphatic rings. The van der Waals surface area contributed by atoms with E-state index < -0.39 is 0 Å². The van der Waals surface area contributed by atoms with Gasteiger partial charge in [-0.05, 0) is 0 Å². The Hall–Kier alpha value is -0.650. The molecule has 0 spiro atoms. The molecule has 1 rings (SSSR count). The molecule has 0 aliphatic carbocycles. The first-order valence-electron chi connectivity index (χ1n) is 5.09. The van der Waals surface area contributed by atoms with Crippen molar-refractivity contribution >= 4 is 6.41 Å². The molecule has 0 aromatic carbocycles. The van der Waals surface area contributed by atoms with Crippen LogP contribution in [-0.2, 0) is 4.79 Å². The van der Waals surface area contributed by atoms with E-state index >= 15 is 0 Å². The number of carbonyl (C=O) groups excluding carboxylic acids is 1. The number of carbonyl (C=O) groups is 1. The first-order chi connectivity index (χ1) is 6.86. The van der Waals surface area contributed by atoms with E-state index in [1.54, 1.807) is 0 Å². The zero-order valence-corrected chi connectivity index (χ0v) is 8.48. The highest BCUT2D eigenvalue weighted by atomic mass is 16.3. The number of piperazine rings is 1. The second kappa shape index (κ2) is 6.75. The lowest BCUT2D eigenvalue weighted by Gasteiger charge is -2.34. The highest BCUT2D eigenvalue weighted by molar-refractivity contribution is 5.45. The normalized spacial score (nSPS) is 19.5. The van der Waals surface area contributed by atoms with Gasteiger partial charge in [0.05, 0.1) is 6.61 Å². The van der Waals surface area contributed by atoms with Crippen molar-refractivity contribution < 1.29 is 9.90 Å². The van der Waals surface area contributed by atoms with Crippen LogP contribution < -0.4 is 5.32 Å². The monoisotopic (exact) mass is 201 g/mol. The second-order valence-electron chi connectivity index (χ2n) is 3.48. The lowest BCUT2D eigenvalue weighted by molar-refractivity contribution is -0.109. The molecule has 14 heavy (non-hydrogen) atoms. The Balaban J connectivity index is 2.06. The summed E-state index contributed by atoms with van der Waals surface area (Å²) in [5.41, 5.74) is 0. The highest BCUT2D eigenvalue weighted by Crippen LogP contribution is 1.99. The summed E-state index contributed by atoms with van der Waals surface area (Å²) in [4.78, 5) is 14.6. The van der Waals surface area contributed by atoms with Gasteiger partial charge in [0.1, 0.15) is 0 Å². The summed E-state index contributed by atoms with van der Waals surface area (Å²) in [5, 5.41) is 11.4. The number of hydrogen-bond acceptors (Lipinski definition) is 4. The summed E-state index contributed by atoms with van der Waals surface area (Å²) in [6, 6.07) is 0. The van der Waals surface area contributed by atoms with E-state index in [4.69, 9.17) is 5.11 Å². The third-order valence-electron chi connectivity index (χ3n) is 2.54. The van der Waals surface area contributed by atoms with Gasteiger partial charge in [-0.3, -0.25) is 14.6 Å². The molecule has 0 radical (unpaired) electrons. The molecule has 1 saturated heterocycles. The van der Waals surface area contributed by atoms with Gasteiger partial charge < -0.3 is 10.4 Å². The standard InChI is InChI=1S/C9H19N3O2/c13-8-7-12-5-3-11(4-6-12)2-1-10-9-14/h9,13H,1-8H2,(H,10,14). The van der Waals surface area contributed by atoms with Gasteiger partial charge in [-0.15, -0.1) is 0 Å². The van der Waals surface area contributed by atoms with Gasteiger partial charge >= 0.3 is 0 Å². The summed E-state index contributed by atoms with van der Waals surface area (Å²) in [6.45, 7) is 6.76. The van der Waals surface area contributed by atoms with Gasteiger partial charge in [-0.25, -0.2) is 0 Å². The van der Waals surface area contributed by atoms with Crippen LogP contribution in [0.4, 0.5) is 0 Å². The van der Waals surface area contributed by atoms with Crippen molar-refractivity contribution in [1.29, 1.82) is 0 Å². The Morgan fingerprint density at radius 3 is 2.21 bits per heavy atom. The number of nitrogens with zero attached hydrogens (tertiary/aromatic N) is 2. The Morgan fingerprint density at radius 2 is 1.71 bits per heavy atom. The molecule has 5 heteroatoms. The van der Waals surface area contributed by atoms with E-state index in [1.807, 2.05) is 0 Å². The van der Waals surface area contributed by atoms with Crippen molar-refractivity contribution in [3.63, 3.8) is 0 Å². The maximum Gasteiger partial charge on any atom is 0.207 e. The molecule has 1 aliphatic heterocycles. The maximum atomic E-state index is 10.0. The Labute approximate surface area is 84.7 Å². The van der Waals surface area contributed by atoms with Crippen LogP contribution in [0.5, 0.6) is 0 Å². The first-order valence-corrected chi connectivity index (χ1v) is 5.09. The van der Waals surface area contributed by atoms with E-state index in [-0.39, 0.29) is 6.61 Å². The minimum absolute atomic E-state index is 0.243. The third-order valence-corrected chi connectivity index (χ3v) is 2.54. The van der Waals surface area contributed by atoms with E-state index in [9.17, 15) is 4.79 Å². The first kappa shape index (κ1) is 11.4. The van der Waals surface area contributed by atoms with Crippen molar-refractivity contribution in [2.75, 3.05) is 52.4 Å². The molecule has 82 valence electrons. The number of aliphatic hydroxyl groups excluding tert-OH is 1. The smallest absolute Gasteiger partial charge is 0.207 e. The van der Waals surface area contributed by atoms with E-state index in [2.05, 4.69) is 15.1 Å². The van der Waals surface area contributed by atoms with Crippen LogP contribution in [0.15, 0.2) is 0 Å². The molecule has 1 heterocycles. The summed E-state index contributed by atoms with van der Waals surface area (Å²) in [7, 11) is 0. The Morgan fingerprint density at radius 1 is 1.14 bits per heavy atom. The van der Waals surface area contributed by atoms with E-state index in [1.165, 1.54) is 0 Å². The van der Waals surface area contributed by atoms with Crippen molar-refractivity contribution in [3.05, 3.63) is 0 Å². The minimum atomic E-state index is 0.243. The zero-order chi connectivity index (χ0) is 10.2. The Bertz CT molecular complexity index is 158. The summed E-state index contributed by atoms with van der Waals surface area (Å²) < 4.78 is 0. The predicted molar refractivity (Wildman–Crippen MR) is 54.0 cm³/mol. The molecule has 5 nitrogen and oxygen atoms in total. The molecule has 0 bridgehead atoms. The highest BCUT2D eigenvalue weighted by Gasteiger charge is 2.15. The molecule has 2 N–H and O–H groups in total. The van der Waals surface area contributed by atoms with Gasteiger partial charge in [0.25, 0.3) is 0 Å². The number of amides is 1. The van der Waals surface area contributed by atoms with Crippen LogP contribution in [0.25, 0.3) is 0 Å². The van der Waals surface area contributed by atoms with Gasteiger partial charge in [-0.1, -0.05) is 0 Å². The molecule has 0 aromatic rings. The SMILES string of the molecule is O=CNCCN1CCN(CCO)CC1. The average molecular weight is 201 g/mol. The van der Waals surface area contributed by atoms with Crippen LogP contribution in [-0.4, -0.2) is 73.7 Å². The summed E-state index contributed by atoms with van der Waals surface area (Å²) >= 11 is 0.